The van der Waals surface area contributed by atoms with Crippen LogP contribution in [-0.2, 0) is 14.3 Å². The van der Waals surface area contributed by atoms with Gasteiger partial charge in [-0.05, 0) is 18.4 Å². The first-order valence-electron chi connectivity index (χ1n) is 6.73. The Labute approximate surface area is 130 Å². The van der Waals surface area contributed by atoms with Crippen LogP contribution < -0.4 is 4.90 Å². The van der Waals surface area contributed by atoms with Gasteiger partial charge < -0.3 is 4.74 Å². The second kappa shape index (κ2) is 6.28. The molecule has 4 nitrogen and oxygen atoms in total. The van der Waals surface area contributed by atoms with Gasteiger partial charge in [0.25, 0.3) is 0 Å². The third-order valence-electron chi connectivity index (χ3n) is 3.42. The van der Waals surface area contributed by atoms with Crippen LogP contribution in [0.2, 0.25) is 0 Å². The number of rotatable bonds is 3. The van der Waals surface area contributed by atoms with Crippen molar-refractivity contribution in [2.24, 2.45) is 0 Å². The lowest BCUT2D eigenvalue weighted by atomic mass is 10.1. The van der Waals surface area contributed by atoms with Crippen LogP contribution in [0.25, 0.3) is 10.8 Å². The quantitative estimate of drug-likeness (QED) is 0.814. The van der Waals surface area contributed by atoms with Gasteiger partial charge in [0.2, 0.25) is 0 Å². The summed E-state index contributed by atoms with van der Waals surface area (Å²) in [6, 6.07) is 9.85. The van der Waals surface area contributed by atoms with E-state index in [0.717, 1.165) is 7.11 Å². The number of alkyl halides is 3. The van der Waals surface area contributed by atoms with E-state index in [0.29, 0.717) is 15.7 Å². The minimum absolute atomic E-state index is 0.00308. The summed E-state index contributed by atoms with van der Waals surface area (Å²) >= 11 is 0. The average Bonchev–Trinajstić information content (AvgIpc) is 2.53. The Morgan fingerprint density at radius 1 is 1.09 bits per heavy atom. The number of hydrogen-bond donors (Lipinski definition) is 0. The number of halogens is 3. The predicted octanol–water partition coefficient (Wildman–Crippen LogP) is 3.30. The lowest BCUT2D eigenvalue weighted by molar-refractivity contribution is -0.171. The van der Waals surface area contributed by atoms with Crippen molar-refractivity contribution in [3.05, 3.63) is 42.5 Å². The van der Waals surface area contributed by atoms with E-state index in [1.165, 1.54) is 19.1 Å². The minimum Gasteiger partial charge on any atom is -0.467 e. The zero-order chi connectivity index (χ0) is 17.2. The van der Waals surface area contributed by atoms with Gasteiger partial charge in [-0.2, -0.15) is 13.2 Å². The number of nitrogens with zero attached hydrogens (tertiary/aromatic N) is 1. The first-order valence-corrected chi connectivity index (χ1v) is 6.73. The maximum Gasteiger partial charge on any atom is 0.471 e. The summed E-state index contributed by atoms with van der Waals surface area (Å²) in [4.78, 5) is 24.0. The SMILES string of the molecule is COC(=O)[C@H](C)N(C(=O)C(F)(F)F)c1cccc2ccccc12. The van der Waals surface area contributed by atoms with E-state index in [2.05, 4.69) is 4.74 Å². The number of hydrogen-bond acceptors (Lipinski definition) is 3. The molecule has 0 N–H and O–H groups in total. The van der Waals surface area contributed by atoms with Gasteiger partial charge >= 0.3 is 18.1 Å². The molecule has 0 spiro atoms. The lowest BCUT2D eigenvalue weighted by Crippen LogP contribution is -2.49. The lowest BCUT2D eigenvalue weighted by Gasteiger charge is -2.29. The van der Waals surface area contributed by atoms with Gasteiger partial charge in [0, 0.05) is 5.39 Å². The zero-order valence-corrected chi connectivity index (χ0v) is 12.4. The van der Waals surface area contributed by atoms with Crippen molar-refractivity contribution >= 4 is 28.3 Å². The van der Waals surface area contributed by atoms with E-state index in [-0.39, 0.29) is 5.69 Å². The molecule has 0 saturated heterocycles. The van der Waals surface area contributed by atoms with Gasteiger partial charge in [-0.15, -0.1) is 0 Å². The zero-order valence-electron chi connectivity index (χ0n) is 12.4. The maximum atomic E-state index is 13.0. The fourth-order valence-electron chi connectivity index (χ4n) is 2.32. The van der Waals surface area contributed by atoms with E-state index >= 15 is 0 Å². The van der Waals surface area contributed by atoms with E-state index in [9.17, 15) is 22.8 Å². The van der Waals surface area contributed by atoms with E-state index < -0.39 is 24.1 Å². The number of methoxy groups -OCH3 is 1. The molecule has 0 aliphatic rings. The number of ether oxygens (including phenoxy) is 1. The highest BCUT2D eigenvalue weighted by Gasteiger charge is 2.46. The Hall–Kier alpha value is -2.57. The van der Waals surface area contributed by atoms with E-state index in [4.69, 9.17) is 0 Å². The molecule has 0 fully saturated rings. The van der Waals surface area contributed by atoms with Crippen molar-refractivity contribution in [1.82, 2.24) is 0 Å². The van der Waals surface area contributed by atoms with Gasteiger partial charge in [0.15, 0.2) is 0 Å². The maximum absolute atomic E-state index is 13.0. The Balaban J connectivity index is 2.65. The van der Waals surface area contributed by atoms with Crippen LogP contribution in [0.3, 0.4) is 0 Å². The molecule has 0 aromatic heterocycles. The molecule has 0 saturated carbocycles. The van der Waals surface area contributed by atoms with Crippen LogP contribution in [0.5, 0.6) is 0 Å². The van der Waals surface area contributed by atoms with Gasteiger partial charge in [-0.1, -0.05) is 36.4 Å². The Morgan fingerprint density at radius 2 is 1.70 bits per heavy atom. The van der Waals surface area contributed by atoms with E-state index in [1.54, 1.807) is 30.3 Å². The standard InChI is InChI=1S/C16H14F3NO3/c1-10(14(21)23-2)20(15(22)16(17,18)19)13-9-5-7-11-6-3-4-8-12(11)13/h3-10H,1-2H3/t10-/m0/s1. The molecular formula is C16H14F3NO3. The van der Waals surface area contributed by atoms with Crippen molar-refractivity contribution in [3.8, 4) is 0 Å². The fourth-order valence-corrected chi connectivity index (χ4v) is 2.32. The third kappa shape index (κ3) is 3.28. The summed E-state index contributed by atoms with van der Waals surface area (Å²) in [5.41, 5.74) is 0.00308. The van der Waals surface area contributed by atoms with Crippen molar-refractivity contribution in [2.45, 2.75) is 19.1 Å². The first-order chi connectivity index (χ1) is 10.8. The van der Waals surface area contributed by atoms with E-state index in [1.807, 2.05) is 0 Å². The number of amides is 1. The average molecular weight is 325 g/mol. The van der Waals surface area contributed by atoms with Crippen LogP contribution in [-0.4, -0.2) is 31.2 Å². The summed E-state index contributed by atoms with van der Waals surface area (Å²) in [6.07, 6.45) is -5.11. The molecule has 0 unspecified atom stereocenters. The molecule has 0 aliphatic carbocycles. The van der Waals surface area contributed by atoms with Crippen LogP contribution in [0.4, 0.5) is 18.9 Å². The van der Waals surface area contributed by atoms with Crippen molar-refractivity contribution in [2.75, 3.05) is 12.0 Å². The number of carbonyl (C=O) groups is 2. The van der Waals surface area contributed by atoms with Gasteiger partial charge in [-0.3, -0.25) is 9.69 Å². The molecule has 23 heavy (non-hydrogen) atoms. The highest BCUT2D eigenvalue weighted by atomic mass is 19.4. The summed E-state index contributed by atoms with van der Waals surface area (Å²) in [7, 11) is 1.05. The van der Waals surface area contributed by atoms with Gasteiger partial charge in [-0.25, -0.2) is 4.79 Å². The third-order valence-corrected chi connectivity index (χ3v) is 3.42. The van der Waals surface area contributed by atoms with Crippen LogP contribution >= 0.6 is 0 Å². The largest absolute Gasteiger partial charge is 0.471 e. The van der Waals surface area contributed by atoms with Crippen molar-refractivity contribution in [3.63, 3.8) is 0 Å². The number of fused-ring (bicyclic) bond motifs is 1. The molecular weight excluding hydrogens is 311 g/mol. The molecule has 2 aromatic rings. The van der Waals surface area contributed by atoms with Crippen molar-refractivity contribution in [1.29, 1.82) is 0 Å². The summed E-state index contributed by atoms with van der Waals surface area (Å²) < 4.78 is 43.4. The molecule has 0 aliphatic heterocycles. The van der Waals surface area contributed by atoms with Gasteiger partial charge in [0.1, 0.15) is 6.04 Å². The monoisotopic (exact) mass is 325 g/mol. The highest BCUT2D eigenvalue weighted by Crippen LogP contribution is 2.32. The normalized spacial score (nSPS) is 12.7. The fraction of sp³-hybridized carbons (Fsp3) is 0.250. The Kier molecular flexibility index (Phi) is 4.58. The smallest absolute Gasteiger partial charge is 0.467 e. The molecule has 122 valence electrons. The Bertz CT molecular complexity index is 737. The molecule has 2 rings (SSSR count). The minimum atomic E-state index is -5.11. The topological polar surface area (TPSA) is 46.6 Å². The second-order valence-corrected chi connectivity index (χ2v) is 4.87. The molecule has 0 radical (unpaired) electrons. The second-order valence-electron chi connectivity index (χ2n) is 4.87. The molecule has 1 amide bonds. The van der Waals surface area contributed by atoms with Gasteiger partial charge in [0.05, 0.1) is 12.8 Å². The van der Waals surface area contributed by atoms with Crippen LogP contribution in [0, 0.1) is 0 Å². The summed E-state index contributed by atoms with van der Waals surface area (Å²) in [5.74, 6) is -3.05. The van der Waals surface area contributed by atoms with Crippen molar-refractivity contribution < 1.29 is 27.5 Å². The number of esters is 1. The molecule has 7 heteroatoms. The predicted molar refractivity (Wildman–Crippen MR) is 79.0 cm³/mol. The number of carbonyl (C=O) groups excluding carboxylic acids is 2. The van der Waals surface area contributed by atoms with Crippen LogP contribution in [0.15, 0.2) is 42.5 Å². The molecule has 2 aromatic carbocycles. The number of anilines is 1. The molecule has 0 bridgehead atoms. The molecule has 0 heterocycles. The Morgan fingerprint density at radius 3 is 2.30 bits per heavy atom. The number of benzene rings is 2. The highest BCUT2D eigenvalue weighted by molar-refractivity contribution is 6.08. The summed E-state index contributed by atoms with van der Waals surface area (Å²) in [5, 5.41) is 1.09. The van der Waals surface area contributed by atoms with Crippen LogP contribution in [0.1, 0.15) is 6.92 Å². The summed E-state index contributed by atoms with van der Waals surface area (Å²) in [6.45, 7) is 1.19. The molecule has 1 atom stereocenters. The first kappa shape index (κ1) is 16.8.